The number of ether oxygens (including phenoxy) is 2. The molecule has 6 nitrogen and oxygen atoms in total. The summed E-state index contributed by atoms with van der Waals surface area (Å²) in [6.45, 7) is 0.0752. The Balaban J connectivity index is 2.30. The number of carboxylic acids is 1. The molecule has 20 heavy (non-hydrogen) atoms. The molecule has 1 aliphatic rings. The van der Waals surface area contributed by atoms with Gasteiger partial charge < -0.3 is 19.9 Å². The second-order valence-electron chi connectivity index (χ2n) is 4.46. The van der Waals surface area contributed by atoms with Gasteiger partial charge in [0.2, 0.25) is 0 Å². The van der Waals surface area contributed by atoms with Gasteiger partial charge in [0, 0.05) is 13.0 Å². The number of carbonyl (C=O) groups excluding carboxylic acids is 1. The summed E-state index contributed by atoms with van der Waals surface area (Å²) in [5, 5.41) is 11.6. The molecule has 1 fully saturated rings. The molecule has 1 aliphatic heterocycles. The van der Waals surface area contributed by atoms with Crippen molar-refractivity contribution >= 4 is 11.9 Å². The Bertz CT molecular complexity index is 540. The Hall–Kier alpha value is -2.15. The standard InChI is InChI=1S/C13H14FNO5/c1-19-9-4-2-3-8(14)10(9)11(16)15-13(12(17)18)5-6-20-7-13/h2-4H,5-7H2,1H3,(H,15,16)(H,17,18). The number of nitrogens with one attached hydrogen (secondary N) is 1. The summed E-state index contributed by atoms with van der Waals surface area (Å²) in [5.74, 6) is -2.78. The third-order valence-electron chi connectivity index (χ3n) is 3.21. The highest BCUT2D eigenvalue weighted by Crippen LogP contribution is 2.24. The molecular formula is C13H14FNO5. The Morgan fingerprint density at radius 1 is 1.50 bits per heavy atom. The van der Waals surface area contributed by atoms with E-state index in [1.807, 2.05) is 0 Å². The zero-order chi connectivity index (χ0) is 14.8. The van der Waals surface area contributed by atoms with Gasteiger partial charge in [-0.1, -0.05) is 6.07 Å². The largest absolute Gasteiger partial charge is 0.496 e. The second kappa shape index (κ2) is 5.46. The van der Waals surface area contributed by atoms with E-state index in [0.29, 0.717) is 0 Å². The Labute approximate surface area is 114 Å². The van der Waals surface area contributed by atoms with Crippen molar-refractivity contribution in [2.45, 2.75) is 12.0 Å². The van der Waals surface area contributed by atoms with Crippen molar-refractivity contribution in [1.82, 2.24) is 5.32 Å². The van der Waals surface area contributed by atoms with Crippen molar-refractivity contribution in [2.75, 3.05) is 20.3 Å². The van der Waals surface area contributed by atoms with E-state index >= 15 is 0 Å². The first-order chi connectivity index (χ1) is 9.50. The summed E-state index contributed by atoms with van der Waals surface area (Å²) < 4.78 is 23.7. The van der Waals surface area contributed by atoms with Gasteiger partial charge in [-0.15, -0.1) is 0 Å². The minimum atomic E-state index is -1.52. The highest BCUT2D eigenvalue weighted by atomic mass is 19.1. The first-order valence-electron chi connectivity index (χ1n) is 5.96. The van der Waals surface area contributed by atoms with Gasteiger partial charge >= 0.3 is 5.97 Å². The number of halogens is 1. The van der Waals surface area contributed by atoms with Gasteiger partial charge in [-0.3, -0.25) is 4.79 Å². The highest BCUT2D eigenvalue weighted by Gasteiger charge is 2.44. The van der Waals surface area contributed by atoms with Gasteiger partial charge in [-0.2, -0.15) is 0 Å². The minimum Gasteiger partial charge on any atom is -0.496 e. The number of aliphatic carboxylic acids is 1. The monoisotopic (exact) mass is 283 g/mol. The van der Waals surface area contributed by atoms with E-state index in [9.17, 15) is 19.1 Å². The Morgan fingerprint density at radius 2 is 2.25 bits per heavy atom. The zero-order valence-electron chi connectivity index (χ0n) is 10.8. The molecule has 0 spiro atoms. The van der Waals surface area contributed by atoms with Crippen LogP contribution in [0.25, 0.3) is 0 Å². The Kier molecular flexibility index (Phi) is 3.89. The number of hydrogen-bond acceptors (Lipinski definition) is 4. The summed E-state index contributed by atoms with van der Waals surface area (Å²) in [6, 6.07) is 3.93. The third kappa shape index (κ3) is 2.44. The zero-order valence-corrected chi connectivity index (χ0v) is 10.8. The first kappa shape index (κ1) is 14.3. The van der Waals surface area contributed by atoms with Gasteiger partial charge in [0.1, 0.15) is 17.1 Å². The average molecular weight is 283 g/mol. The number of amides is 1. The van der Waals surface area contributed by atoms with Crippen LogP contribution in [0.15, 0.2) is 18.2 Å². The fourth-order valence-electron chi connectivity index (χ4n) is 2.06. The normalized spacial score (nSPS) is 21.5. The topological polar surface area (TPSA) is 84.9 Å². The lowest BCUT2D eigenvalue weighted by Crippen LogP contribution is -2.55. The van der Waals surface area contributed by atoms with Crippen molar-refractivity contribution < 1.29 is 28.6 Å². The fraction of sp³-hybridized carbons (Fsp3) is 0.385. The van der Waals surface area contributed by atoms with Gasteiger partial charge in [0.25, 0.3) is 5.91 Å². The maximum Gasteiger partial charge on any atom is 0.331 e. The van der Waals surface area contributed by atoms with E-state index < -0.39 is 23.2 Å². The van der Waals surface area contributed by atoms with Crippen LogP contribution in [0.4, 0.5) is 4.39 Å². The van der Waals surface area contributed by atoms with Crippen molar-refractivity contribution in [3.05, 3.63) is 29.6 Å². The van der Waals surface area contributed by atoms with Crippen LogP contribution >= 0.6 is 0 Å². The van der Waals surface area contributed by atoms with Crippen LogP contribution < -0.4 is 10.1 Å². The first-order valence-corrected chi connectivity index (χ1v) is 5.96. The lowest BCUT2D eigenvalue weighted by Gasteiger charge is -2.24. The molecule has 1 unspecified atom stereocenters. The van der Waals surface area contributed by atoms with E-state index in [1.165, 1.54) is 19.2 Å². The lowest BCUT2D eigenvalue weighted by molar-refractivity contribution is -0.144. The summed E-state index contributed by atoms with van der Waals surface area (Å²) in [6.07, 6.45) is 0.130. The number of methoxy groups -OCH3 is 1. The summed E-state index contributed by atoms with van der Waals surface area (Å²) in [4.78, 5) is 23.5. The molecule has 108 valence electrons. The maximum absolute atomic E-state index is 13.8. The molecule has 0 aliphatic carbocycles. The molecule has 1 aromatic rings. The number of rotatable bonds is 4. The molecule has 1 heterocycles. The van der Waals surface area contributed by atoms with Crippen LogP contribution in [0.5, 0.6) is 5.75 Å². The van der Waals surface area contributed by atoms with Gasteiger partial charge in [0.05, 0.1) is 13.7 Å². The summed E-state index contributed by atoms with van der Waals surface area (Å²) in [5.41, 5.74) is -1.84. The van der Waals surface area contributed by atoms with Crippen LogP contribution in [0.1, 0.15) is 16.8 Å². The average Bonchev–Trinajstić information content (AvgIpc) is 2.88. The number of carbonyl (C=O) groups is 2. The number of carboxylic acid groups (broad SMARTS) is 1. The van der Waals surface area contributed by atoms with Crippen LogP contribution in [0, 0.1) is 5.82 Å². The molecule has 1 saturated heterocycles. The van der Waals surface area contributed by atoms with Crippen molar-refractivity contribution in [3.8, 4) is 5.75 Å². The van der Waals surface area contributed by atoms with Crippen molar-refractivity contribution in [2.24, 2.45) is 0 Å². The number of benzene rings is 1. The van der Waals surface area contributed by atoms with Crippen molar-refractivity contribution in [1.29, 1.82) is 0 Å². The van der Waals surface area contributed by atoms with Gasteiger partial charge in [0.15, 0.2) is 5.54 Å². The van der Waals surface area contributed by atoms with E-state index in [-0.39, 0.29) is 30.9 Å². The molecule has 1 aromatic carbocycles. The van der Waals surface area contributed by atoms with E-state index in [2.05, 4.69) is 5.32 Å². The predicted molar refractivity (Wildman–Crippen MR) is 66.2 cm³/mol. The molecule has 2 rings (SSSR count). The van der Waals surface area contributed by atoms with Crippen LogP contribution in [0.3, 0.4) is 0 Å². The van der Waals surface area contributed by atoms with Crippen LogP contribution in [0.2, 0.25) is 0 Å². The maximum atomic E-state index is 13.8. The smallest absolute Gasteiger partial charge is 0.331 e. The predicted octanol–water partition coefficient (Wildman–Crippen LogP) is 0.808. The quantitative estimate of drug-likeness (QED) is 0.854. The lowest BCUT2D eigenvalue weighted by atomic mass is 9.98. The van der Waals surface area contributed by atoms with Crippen molar-refractivity contribution in [3.63, 3.8) is 0 Å². The summed E-state index contributed by atoms with van der Waals surface area (Å²) >= 11 is 0. The molecule has 0 radical (unpaired) electrons. The van der Waals surface area contributed by atoms with E-state index in [4.69, 9.17) is 9.47 Å². The molecule has 0 aromatic heterocycles. The molecule has 0 saturated carbocycles. The molecule has 1 amide bonds. The van der Waals surface area contributed by atoms with Gasteiger partial charge in [-0.05, 0) is 12.1 Å². The third-order valence-corrected chi connectivity index (χ3v) is 3.21. The summed E-state index contributed by atoms with van der Waals surface area (Å²) in [7, 11) is 1.30. The SMILES string of the molecule is COc1cccc(F)c1C(=O)NC1(C(=O)O)CCOC1. The number of hydrogen-bond donors (Lipinski definition) is 2. The van der Waals surface area contributed by atoms with Gasteiger partial charge in [-0.25, -0.2) is 9.18 Å². The van der Waals surface area contributed by atoms with E-state index in [0.717, 1.165) is 6.07 Å². The molecule has 0 bridgehead atoms. The fourth-order valence-corrected chi connectivity index (χ4v) is 2.06. The molecule has 7 heteroatoms. The van der Waals surface area contributed by atoms with Crippen LogP contribution in [-0.2, 0) is 9.53 Å². The minimum absolute atomic E-state index is 0.0435. The van der Waals surface area contributed by atoms with E-state index in [1.54, 1.807) is 0 Å². The molecule has 1 atom stereocenters. The highest BCUT2D eigenvalue weighted by molar-refractivity contribution is 6.00. The Morgan fingerprint density at radius 3 is 2.80 bits per heavy atom. The van der Waals surface area contributed by atoms with Crippen LogP contribution in [-0.4, -0.2) is 42.8 Å². The second-order valence-corrected chi connectivity index (χ2v) is 4.46. The molecular weight excluding hydrogens is 269 g/mol. The molecule has 2 N–H and O–H groups in total.